The average molecular weight is 328 g/mol. The Balaban J connectivity index is 1.51. The Kier molecular flexibility index (Phi) is 5.53. The van der Waals surface area contributed by atoms with E-state index in [1.54, 1.807) is 10.9 Å². The Morgan fingerprint density at radius 3 is 3.08 bits per heavy atom. The molecule has 1 aliphatic rings. The van der Waals surface area contributed by atoms with Gasteiger partial charge in [0, 0.05) is 12.7 Å². The Hall–Kier alpha value is -2.28. The molecular formula is C17H24N6O. The maximum atomic E-state index is 12.2. The van der Waals surface area contributed by atoms with Gasteiger partial charge in [0.25, 0.3) is 5.91 Å². The second-order valence-electron chi connectivity index (χ2n) is 6.23. The van der Waals surface area contributed by atoms with Crippen LogP contribution in [0.15, 0.2) is 24.5 Å². The molecule has 7 heteroatoms. The van der Waals surface area contributed by atoms with Gasteiger partial charge in [-0.15, -0.1) is 5.10 Å². The monoisotopic (exact) mass is 328 g/mol. The fraction of sp³-hybridized carbons (Fsp3) is 0.529. The van der Waals surface area contributed by atoms with Crippen LogP contribution >= 0.6 is 0 Å². The summed E-state index contributed by atoms with van der Waals surface area (Å²) in [6.07, 6.45) is 6.90. The number of rotatable bonds is 6. The smallest absolute Gasteiger partial charge is 0.273 e. The van der Waals surface area contributed by atoms with Crippen LogP contribution in [0.25, 0.3) is 0 Å². The minimum atomic E-state index is -0.218. The van der Waals surface area contributed by atoms with Gasteiger partial charge in [-0.25, -0.2) is 0 Å². The summed E-state index contributed by atoms with van der Waals surface area (Å²) < 4.78 is 1.76. The largest absolute Gasteiger partial charge is 0.345 e. The molecule has 128 valence electrons. The molecule has 0 saturated carbocycles. The summed E-state index contributed by atoms with van der Waals surface area (Å²) in [5, 5.41) is 14.3. The summed E-state index contributed by atoms with van der Waals surface area (Å²) in [7, 11) is 0. The van der Waals surface area contributed by atoms with Crippen molar-refractivity contribution in [2.75, 3.05) is 13.1 Å². The maximum absolute atomic E-state index is 12.2. The van der Waals surface area contributed by atoms with Crippen molar-refractivity contribution in [2.45, 2.75) is 39.3 Å². The first-order valence-electron chi connectivity index (χ1n) is 8.57. The number of amides is 1. The number of hydrogen-bond acceptors (Lipinski definition) is 5. The molecule has 7 nitrogen and oxygen atoms in total. The molecular weight excluding hydrogens is 304 g/mol. The summed E-state index contributed by atoms with van der Waals surface area (Å²) in [6, 6.07) is 3.97. The zero-order valence-corrected chi connectivity index (χ0v) is 14.0. The molecule has 3 heterocycles. The van der Waals surface area contributed by atoms with Crippen molar-refractivity contribution >= 4 is 5.91 Å². The molecule has 1 atom stereocenters. The summed E-state index contributed by atoms with van der Waals surface area (Å²) >= 11 is 0. The predicted molar refractivity (Wildman–Crippen MR) is 90.4 cm³/mol. The van der Waals surface area contributed by atoms with E-state index >= 15 is 0 Å². The maximum Gasteiger partial charge on any atom is 0.273 e. The van der Waals surface area contributed by atoms with E-state index in [1.807, 2.05) is 18.3 Å². The van der Waals surface area contributed by atoms with Crippen LogP contribution in [0, 0.1) is 5.92 Å². The molecule has 3 rings (SSSR count). The summed E-state index contributed by atoms with van der Waals surface area (Å²) in [5.41, 5.74) is 2.37. The van der Waals surface area contributed by atoms with Crippen LogP contribution in [0.1, 0.15) is 41.5 Å². The van der Waals surface area contributed by atoms with Gasteiger partial charge in [-0.1, -0.05) is 18.2 Å². The van der Waals surface area contributed by atoms with E-state index in [0.717, 1.165) is 31.7 Å². The lowest BCUT2D eigenvalue weighted by molar-refractivity contribution is 0.0945. The van der Waals surface area contributed by atoms with Gasteiger partial charge in [0.05, 0.1) is 18.4 Å². The number of hydrogen-bond donors (Lipinski definition) is 2. The van der Waals surface area contributed by atoms with Crippen molar-refractivity contribution in [2.24, 2.45) is 5.92 Å². The van der Waals surface area contributed by atoms with Crippen molar-refractivity contribution in [3.05, 3.63) is 41.5 Å². The summed E-state index contributed by atoms with van der Waals surface area (Å²) in [4.78, 5) is 16.5. The van der Waals surface area contributed by atoms with Gasteiger partial charge >= 0.3 is 0 Å². The normalized spacial score (nSPS) is 17.6. The third-order valence-corrected chi connectivity index (χ3v) is 4.34. The van der Waals surface area contributed by atoms with Gasteiger partial charge in [0.1, 0.15) is 0 Å². The molecule has 1 fully saturated rings. The van der Waals surface area contributed by atoms with E-state index in [-0.39, 0.29) is 5.91 Å². The van der Waals surface area contributed by atoms with E-state index < -0.39 is 0 Å². The number of nitrogens with zero attached hydrogens (tertiary/aromatic N) is 4. The topological polar surface area (TPSA) is 84.7 Å². The minimum Gasteiger partial charge on any atom is -0.345 e. The third kappa shape index (κ3) is 4.38. The molecule has 2 aromatic rings. The number of nitrogens with one attached hydrogen (secondary N) is 2. The minimum absolute atomic E-state index is 0.218. The van der Waals surface area contributed by atoms with E-state index in [9.17, 15) is 4.79 Å². The Morgan fingerprint density at radius 1 is 1.46 bits per heavy atom. The fourth-order valence-electron chi connectivity index (χ4n) is 2.87. The third-order valence-electron chi connectivity index (χ3n) is 4.34. The van der Waals surface area contributed by atoms with E-state index in [4.69, 9.17) is 0 Å². The lowest BCUT2D eigenvalue weighted by Crippen LogP contribution is -2.32. The van der Waals surface area contributed by atoms with Crippen LogP contribution in [-0.4, -0.2) is 39.0 Å². The van der Waals surface area contributed by atoms with Crippen molar-refractivity contribution in [1.82, 2.24) is 30.6 Å². The molecule has 0 bridgehead atoms. The van der Waals surface area contributed by atoms with Gasteiger partial charge in [-0.3, -0.25) is 14.5 Å². The number of carbonyl (C=O) groups excluding carboxylic acids is 1. The van der Waals surface area contributed by atoms with Crippen molar-refractivity contribution < 1.29 is 4.79 Å². The average Bonchev–Trinajstić information content (AvgIpc) is 3.09. The van der Waals surface area contributed by atoms with Crippen molar-refractivity contribution in [3.63, 3.8) is 0 Å². The van der Waals surface area contributed by atoms with Gasteiger partial charge in [0.2, 0.25) is 0 Å². The molecule has 2 N–H and O–H groups in total. The van der Waals surface area contributed by atoms with Crippen LogP contribution in [0.2, 0.25) is 0 Å². The number of pyridine rings is 1. The van der Waals surface area contributed by atoms with Crippen LogP contribution in [-0.2, 0) is 19.5 Å². The molecule has 0 radical (unpaired) electrons. The Labute approximate surface area is 141 Å². The highest BCUT2D eigenvalue weighted by Gasteiger charge is 2.16. The quantitative estimate of drug-likeness (QED) is 0.831. The standard InChI is InChI=1S/C17H24N6O/c1-2-13-5-6-15(19-9-13)10-20-17(24)16-12-23(22-21-16)11-14-4-3-7-18-8-14/h5-6,9,12,14,18H,2-4,7-8,10-11H2,1H3,(H,20,24). The summed E-state index contributed by atoms with van der Waals surface area (Å²) in [5.74, 6) is 0.335. The number of piperidine rings is 1. The zero-order chi connectivity index (χ0) is 16.8. The number of aryl methyl sites for hydroxylation is 1. The SMILES string of the molecule is CCc1ccc(CNC(=O)c2cn(CC3CCCNC3)nn2)nc1. The number of aromatic nitrogens is 4. The van der Waals surface area contributed by atoms with Crippen LogP contribution in [0.4, 0.5) is 0 Å². The predicted octanol–water partition coefficient (Wildman–Crippen LogP) is 1.17. The first-order chi connectivity index (χ1) is 11.7. The fourth-order valence-corrected chi connectivity index (χ4v) is 2.87. The second-order valence-corrected chi connectivity index (χ2v) is 6.23. The van der Waals surface area contributed by atoms with Gasteiger partial charge in [-0.05, 0) is 49.9 Å². The molecule has 1 aliphatic heterocycles. The zero-order valence-electron chi connectivity index (χ0n) is 14.0. The Bertz CT molecular complexity index is 660. The molecule has 0 aromatic carbocycles. The first-order valence-corrected chi connectivity index (χ1v) is 8.57. The molecule has 1 unspecified atom stereocenters. The van der Waals surface area contributed by atoms with Gasteiger partial charge < -0.3 is 10.6 Å². The van der Waals surface area contributed by atoms with Gasteiger partial charge in [-0.2, -0.15) is 0 Å². The number of carbonyl (C=O) groups is 1. The lowest BCUT2D eigenvalue weighted by Gasteiger charge is -2.22. The van der Waals surface area contributed by atoms with Crippen LogP contribution in [0.3, 0.4) is 0 Å². The molecule has 1 saturated heterocycles. The summed E-state index contributed by atoms with van der Waals surface area (Å²) in [6.45, 7) is 5.37. The second kappa shape index (κ2) is 8.01. The first kappa shape index (κ1) is 16.6. The van der Waals surface area contributed by atoms with Crippen LogP contribution in [0.5, 0.6) is 0 Å². The van der Waals surface area contributed by atoms with Crippen LogP contribution < -0.4 is 10.6 Å². The van der Waals surface area contributed by atoms with E-state index in [1.165, 1.54) is 18.4 Å². The molecule has 2 aromatic heterocycles. The lowest BCUT2D eigenvalue weighted by atomic mass is 10.00. The molecule has 0 spiro atoms. The van der Waals surface area contributed by atoms with E-state index in [2.05, 4.69) is 32.9 Å². The highest BCUT2D eigenvalue weighted by Crippen LogP contribution is 2.12. The highest BCUT2D eigenvalue weighted by molar-refractivity contribution is 5.91. The van der Waals surface area contributed by atoms with E-state index in [0.29, 0.717) is 18.2 Å². The van der Waals surface area contributed by atoms with Crippen molar-refractivity contribution in [3.8, 4) is 0 Å². The molecule has 1 amide bonds. The highest BCUT2D eigenvalue weighted by atomic mass is 16.2. The molecule has 24 heavy (non-hydrogen) atoms. The van der Waals surface area contributed by atoms with Crippen molar-refractivity contribution in [1.29, 1.82) is 0 Å². The molecule has 0 aliphatic carbocycles. The Morgan fingerprint density at radius 2 is 2.38 bits per heavy atom. The van der Waals surface area contributed by atoms with Gasteiger partial charge in [0.15, 0.2) is 5.69 Å².